The molecule has 1 aromatic carbocycles. The Kier molecular flexibility index (Phi) is 3.19. The van der Waals surface area contributed by atoms with Crippen LogP contribution in [0.3, 0.4) is 0 Å². The van der Waals surface area contributed by atoms with Gasteiger partial charge in [0.05, 0.1) is 22.8 Å². The zero-order valence-electron chi connectivity index (χ0n) is 9.90. The molecule has 0 bridgehead atoms. The summed E-state index contributed by atoms with van der Waals surface area (Å²) >= 11 is 0. The van der Waals surface area contributed by atoms with Gasteiger partial charge in [-0.2, -0.15) is 0 Å². The molecule has 0 aliphatic carbocycles. The molecule has 3 nitrogen and oxygen atoms in total. The molecule has 2 rings (SSSR count). The van der Waals surface area contributed by atoms with Crippen LogP contribution in [0.25, 0.3) is 0 Å². The van der Waals surface area contributed by atoms with Crippen LogP contribution in [0, 0.1) is 0 Å². The number of nitrogens with one attached hydrogen (secondary N) is 1. The van der Waals surface area contributed by atoms with E-state index in [2.05, 4.69) is 9.98 Å². The molecule has 1 aromatic heterocycles. The Labute approximate surface area is 100 Å². The maximum atomic E-state index is 11.2. The van der Waals surface area contributed by atoms with Gasteiger partial charge in [-0.1, -0.05) is 18.2 Å². The molecule has 0 atom stereocenters. The zero-order chi connectivity index (χ0) is 12.3. The first kappa shape index (κ1) is 11.3. The topological polar surface area (TPSA) is 45.2 Å². The first-order valence-electron chi connectivity index (χ1n) is 5.47. The molecule has 0 unspecified atom stereocenters. The summed E-state index contributed by atoms with van der Waals surface area (Å²) in [5.41, 5.74) is 3.26. The summed E-state index contributed by atoms with van der Waals surface area (Å²) in [5.74, 6) is 0.0313. The number of nitrogens with zero attached hydrogens (tertiary/aromatic N) is 1. The van der Waals surface area contributed by atoms with Gasteiger partial charge < -0.3 is 4.98 Å². The Balaban J connectivity index is 2.27. The smallest absolute Gasteiger partial charge is 0.175 e. The van der Waals surface area contributed by atoms with Crippen molar-refractivity contribution >= 4 is 17.2 Å². The molecule has 0 aliphatic heterocycles. The summed E-state index contributed by atoms with van der Waals surface area (Å²) in [6.45, 7) is 3.46. The van der Waals surface area contributed by atoms with Crippen molar-refractivity contribution < 1.29 is 4.79 Å². The summed E-state index contributed by atoms with van der Waals surface area (Å²) in [6.07, 6.45) is 0. The number of hydrogen-bond acceptors (Lipinski definition) is 2. The lowest BCUT2D eigenvalue weighted by Gasteiger charge is -1.98. The van der Waals surface area contributed by atoms with Crippen molar-refractivity contribution in [3.8, 4) is 0 Å². The van der Waals surface area contributed by atoms with Crippen molar-refractivity contribution in [2.45, 2.75) is 13.8 Å². The predicted octanol–water partition coefficient (Wildman–Crippen LogP) is 3.36. The van der Waals surface area contributed by atoms with Gasteiger partial charge in [-0.25, -0.2) is 0 Å². The molecule has 2 aromatic rings. The fraction of sp³-hybridized carbons (Fsp3) is 0.143. The largest absolute Gasteiger partial charge is 0.351 e. The summed E-state index contributed by atoms with van der Waals surface area (Å²) in [4.78, 5) is 18.7. The highest BCUT2D eigenvalue weighted by molar-refractivity contribution is 6.01. The van der Waals surface area contributed by atoms with Crippen molar-refractivity contribution in [2.75, 3.05) is 0 Å². The van der Waals surface area contributed by atoms with Gasteiger partial charge in [-0.3, -0.25) is 9.79 Å². The van der Waals surface area contributed by atoms with Gasteiger partial charge in [-0.15, -0.1) is 0 Å². The van der Waals surface area contributed by atoms with Gasteiger partial charge in [0, 0.05) is 6.92 Å². The molecule has 0 saturated heterocycles. The molecule has 3 heteroatoms. The van der Waals surface area contributed by atoms with Crippen LogP contribution in [0.15, 0.2) is 47.5 Å². The number of H-pyrrole nitrogens is 1. The van der Waals surface area contributed by atoms with E-state index in [1.807, 2.05) is 43.3 Å². The van der Waals surface area contributed by atoms with Gasteiger partial charge in [0.1, 0.15) is 0 Å². The Morgan fingerprint density at radius 2 is 1.65 bits per heavy atom. The standard InChI is InChI=1S/C14H14N2O/c1-10(15-12-6-4-3-5-7-12)13-8-9-14(16-13)11(2)17/h3-9,16H,1-2H3/b15-10+. The normalized spacial score (nSPS) is 11.5. The van der Waals surface area contributed by atoms with Gasteiger partial charge in [0.15, 0.2) is 5.78 Å². The molecule has 86 valence electrons. The van der Waals surface area contributed by atoms with E-state index < -0.39 is 0 Å². The second-order valence-corrected chi connectivity index (χ2v) is 3.87. The number of hydrogen-bond donors (Lipinski definition) is 1. The summed E-state index contributed by atoms with van der Waals surface area (Å²) < 4.78 is 0. The van der Waals surface area contributed by atoms with Crippen LogP contribution in [-0.4, -0.2) is 16.5 Å². The lowest BCUT2D eigenvalue weighted by Crippen LogP contribution is -1.97. The minimum atomic E-state index is 0.0313. The summed E-state index contributed by atoms with van der Waals surface area (Å²) in [7, 11) is 0. The number of ketones is 1. The zero-order valence-corrected chi connectivity index (χ0v) is 9.90. The highest BCUT2D eigenvalue weighted by Gasteiger charge is 2.04. The van der Waals surface area contributed by atoms with Crippen molar-refractivity contribution in [3.63, 3.8) is 0 Å². The van der Waals surface area contributed by atoms with Crippen LogP contribution >= 0.6 is 0 Å². The Hall–Kier alpha value is -2.16. The number of para-hydroxylation sites is 1. The Morgan fingerprint density at radius 3 is 2.24 bits per heavy atom. The summed E-state index contributed by atoms with van der Waals surface area (Å²) in [5, 5.41) is 0. The van der Waals surface area contributed by atoms with Crippen molar-refractivity contribution in [3.05, 3.63) is 53.9 Å². The number of aliphatic imine (C=N–C) groups is 1. The maximum absolute atomic E-state index is 11.2. The monoisotopic (exact) mass is 226 g/mol. The van der Waals surface area contributed by atoms with Gasteiger partial charge in [0.25, 0.3) is 0 Å². The second kappa shape index (κ2) is 4.78. The van der Waals surface area contributed by atoms with Crippen LogP contribution in [-0.2, 0) is 0 Å². The SMILES string of the molecule is CC(=O)c1ccc(/C(C)=N/c2ccccc2)[nH]1. The molecule has 0 fully saturated rings. The third-order valence-electron chi connectivity index (χ3n) is 2.51. The van der Waals surface area contributed by atoms with Crippen LogP contribution in [0.2, 0.25) is 0 Å². The molecular weight excluding hydrogens is 212 g/mol. The van der Waals surface area contributed by atoms with E-state index in [0.29, 0.717) is 5.69 Å². The first-order chi connectivity index (χ1) is 8.16. The lowest BCUT2D eigenvalue weighted by molar-refractivity contribution is 0.101. The molecule has 1 N–H and O–H groups in total. The highest BCUT2D eigenvalue weighted by atomic mass is 16.1. The van der Waals surface area contributed by atoms with Crippen LogP contribution < -0.4 is 0 Å². The first-order valence-corrected chi connectivity index (χ1v) is 5.47. The third-order valence-corrected chi connectivity index (χ3v) is 2.51. The fourth-order valence-electron chi connectivity index (χ4n) is 1.57. The molecule has 0 radical (unpaired) electrons. The molecular formula is C14H14N2O. The van der Waals surface area contributed by atoms with E-state index in [0.717, 1.165) is 17.1 Å². The number of carbonyl (C=O) groups excluding carboxylic acids is 1. The van der Waals surface area contributed by atoms with E-state index in [9.17, 15) is 4.79 Å². The molecule has 0 aliphatic rings. The van der Waals surface area contributed by atoms with E-state index in [1.165, 1.54) is 0 Å². The molecule has 0 amide bonds. The van der Waals surface area contributed by atoms with E-state index in [-0.39, 0.29) is 5.78 Å². The Morgan fingerprint density at radius 1 is 1.00 bits per heavy atom. The van der Waals surface area contributed by atoms with Gasteiger partial charge in [0.2, 0.25) is 0 Å². The number of Topliss-reactive ketones (excluding diaryl/α,β-unsaturated/α-hetero) is 1. The van der Waals surface area contributed by atoms with E-state index >= 15 is 0 Å². The number of rotatable bonds is 3. The minimum Gasteiger partial charge on any atom is -0.351 e. The number of aromatic nitrogens is 1. The maximum Gasteiger partial charge on any atom is 0.175 e. The minimum absolute atomic E-state index is 0.0313. The molecule has 17 heavy (non-hydrogen) atoms. The number of benzene rings is 1. The molecule has 1 heterocycles. The third kappa shape index (κ3) is 2.69. The van der Waals surface area contributed by atoms with Gasteiger partial charge in [-0.05, 0) is 31.2 Å². The fourth-order valence-corrected chi connectivity index (χ4v) is 1.57. The van der Waals surface area contributed by atoms with Crippen LogP contribution in [0.5, 0.6) is 0 Å². The lowest BCUT2D eigenvalue weighted by atomic mass is 10.3. The van der Waals surface area contributed by atoms with E-state index in [4.69, 9.17) is 0 Å². The molecule has 0 spiro atoms. The van der Waals surface area contributed by atoms with Gasteiger partial charge >= 0.3 is 0 Å². The van der Waals surface area contributed by atoms with Crippen LogP contribution in [0.1, 0.15) is 30.0 Å². The quantitative estimate of drug-likeness (QED) is 0.633. The van der Waals surface area contributed by atoms with E-state index in [1.54, 1.807) is 13.0 Å². The van der Waals surface area contributed by atoms with Crippen LogP contribution in [0.4, 0.5) is 5.69 Å². The average molecular weight is 226 g/mol. The number of carbonyl (C=O) groups is 1. The van der Waals surface area contributed by atoms with Crippen molar-refractivity contribution in [2.24, 2.45) is 4.99 Å². The molecule has 0 saturated carbocycles. The second-order valence-electron chi connectivity index (χ2n) is 3.87. The average Bonchev–Trinajstić information content (AvgIpc) is 2.79. The highest BCUT2D eigenvalue weighted by Crippen LogP contribution is 2.13. The summed E-state index contributed by atoms with van der Waals surface area (Å²) in [6, 6.07) is 13.4. The number of aromatic amines is 1. The van der Waals surface area contributed by atoms with Crippen molar-refractivity contribution in [1.82, 2.24) is 4.98 Å². The predicted molar refractivity (Wildman–Crippen MR) is 69.1 cm³/mol. The Bertz CT molecular complexity index is 553. The van der Waals surface area contributed by atoms with Crippen molar-refractivity contribution in [1.29, 1.82) is 0 Å².